The molecule has 1 saturated carbocycles. The van der Waals surface area contributed by atoms with Crippen molar-refractivity contribution in [3.63, 3.8) is 0 Å². The van der Waals surface area contributed by atoms with Crippen molar-refractivity contribution >= 4 is 17.7 Å². The number of amides is 1. The minimum atomic E-state index is -0.458. The van der Waals surface area contributed by atoms with Gasteiger partial charge in [0.15, 0.2) is 5.82 Å². The van der Waals surface area contributed by atoms with Gasteiger partial charge in [-0.3, -0.25) is 4.90 Å². The van der Waals surface area contributed by atoms with E-state index < -0.39 is 5.60 Å². The Morgan fingerprint density at radius 1 is 1.12 bits per heavy atom. The third-order valence-electron chi connectivity index (χ3n) is 6.05. The van der Waals surface area contributed by atoms with Gasteiger partial charge < -0.3 is 14.8 Å². The second-order valence-electron chi connectivity index (χ2n) is 8.36. The zero-order valence-corrected chi connectivity index (χ0v) is 17.9. The van der Waals surface area contributed by atoms with Crippen LogP contribution in [0.4, 0.5) is 20.8 Å². The third kappa shape index (κ3) is 4.84. The summed E-state index contributed by atoms with van der Waals surface area (Å²) >= 11 is 0. The van der Waals surface area contributed by atoms with Gasteiger partial charge in [-0.1, -0.05) is 6.07 Å². The van der Waals surface area contributed by atoms with E-state index in [0.29, 0.717) is 35.7 Å². The van der Waals surface area contributed by atoms with Gasteiger partial charge in [-0.25, -0.2) is 9.18 Å². The first-order chi connectivity index (χ1) is 16.1. The van der Waals surface area contributed by atoms with E-state index in [0.717, 1.165) is 32.2 Å². The number of anilines is 2. The van der Waals surface area contributed by atoms with E-state index in [1.807, 2.05) is 0 Å². The highest BCUT2D eigenvalue weighted by Crippen LogP contribution is 2.40. The molecule has 1 amide bonds. The van der Waals surface area contributed by atoms with Crippen molar-refractivity contribution in [2.75, 3.05) is 23.3 Å². The first-order valence-electron chi connectivity index (χ1n) is 10.9. The van der Waals surface area contributed by atoms with Gasteiger partial charge in [0.1, 0.15) is 23.0 Å². The van der Waals surface area contributed by atoms with Crippen LogP contribution in [0.1, 0.15) is 25.7 Å². The molecule has 1 N–H and O–H groups in total. The van der Waals surface area contributed by atoms with Crippen LogP contribution in [0.25, 0.3) is 0 Å². The summed E-state index contributed by atoms with van der Waals surface area (Å²) in [6.45, 7) is 1.25. The van der Waals surface area contributed by atoms with E-state index in [9.17, 15) is 9.18 Å². The Bertz CT molecular complexity index is 1110. The standard InChI is InChI=1S/C23H23FN6O3/c24-17-3-1-4-18(13-17)32-21-7-6-19(27-29-21)25-14-16-8-10-23(11-9-16)15-30(22(31)33-23)20-5-2-12-26-28-20/h1-7,12-13,16H,8-11,14-15H2,(H,25,27). The number of carbonyl (C=O) groups excluding carboxylic acids is 1. The molecule has 2 aliphatic rings. The molecule has 1 saturated heterocycles. The maximum absolute atomic E-state index is 13.3. The van der Waals surface area contributed by atoms with Crippen LogP contribution in [0.3, 0.4) is 0 Å². The number of hydrogen-bond donors (Lipinski definition) is 1. The second-order valence-corrected chi connectivity index (χ2v) is 8.36. The van der Waals surface area contributed by atoms with Crippen molar-refractivity contribution in [1.29, 1.82) is 0 Å². The van der Waals surface area contributed by atoms with E-state index >= 15 is 0 Å². The number of hydrogen-bond acceptors (Lipinski definition) is 8. The fourth-order valence-corrected chi connectivity index (χ4v) is 4.27. The van der Waals surface area contributed by atoms with Gasteiger partial charge in [-0.15, -0.1) is 15.3 Å². The molecular weight excluding hydrogens is 427 g/mol. The highest BCUT2D eigenvalue weighted by molar-refractivity contribution is 5.89. The number of benzene rings is 1. The van der Waals surface area contributed by atoms with Crippen molar-refractivity contribution in [3.8, 4) is 11.6 Å². The summed E-state index contributed by atoms with van der Waals surface area (Å²) in [6, 6.07) is 12.9. The number of nitrogens with zero attached hydrogens (tertiary/aromatic N) is 5. The lowest BCUT2D eigenvalue weighted by Gasteiger charge is -2.35. The van der Waals surface area contributed by atoms with Crippen molar-refractivity contribution in [3.05, 3.63) is 60.5 Å². The van der Waals surface area contributed by atoms with Crippen LogP contribution in [0.2, 0.25) is 0 Å². The van der Waals surface area contributed by atoms with E-state index in [1.165, 1.54) is 12.1 Å². The summed E-state index contributed by atoms with van der Waals surface area (Å²) in [6.07, 6.45) is 4.68. The molecular formula is C23H23FN6O3. The van der Waals surface area contributed by atoms with Gasteiger partial charge in [0.25, 0.3) is 0 Å². The maximum Gasteiger partial charge on any atom is 0.416 e. The lowest BCUT2D eigenvalue weighted by atomic mass is 9.78. The topological polar surface area (TPSA) is 102 Å². The van der Waals surface area contributed by atoms with Gasteiger partial charge in [-0.2, -0.15) is 5.10 Å². The highest BCUT2D eigenvalue weighted by atomic mass is 19.1. The Morgan fingerprint density at radius 2 is 2.00 bits per heavy atom. The van der Waals surface area contributed by atoms with Crippen molar-refractivity contribution in [2.45, 2.75) is 31.3 Å². The number of halogens is 1. The molecule has 5 rings (SSSR count). The number of ether oxygens (including phenoxy) is 2. The Hall–Kier alpha value is -3.82. The number of carbonyl (C=O) groups is 1. The van der Waals surface area contributed by atoms with E-state index in [-0.39, 0.29) is 11.9 Å². The molecule has 3 aromatic rings. The van der Waals surface area contributed by atoms with Gasteiger partial charge >= 0.3 is 6.09 Å². The smallest absolute Gasteiger partial charge is 0.416 e. The van der Waals surface area contributed by atoms with Crippen LogP contribution < -0.4 is 15.0 Å². The zero-order chi connectivity index (χ0) is 22.7. The average Bonchev–Trinajstić information content (AvgIpc) is 3.16. The molecule has 2 fully saturated rings. The molecule has 0 atom stereocenters. The van der Waals surface area contributed by atoms with E-state index in [2.05, 4.69) is 25.7 Å². The largest absolute Gasteiger partial charge is 0.441 e. The number of nitrogens with one attached hydrogen (secondary N) is 1. The quantitative estimate of drug-likeness (QED) is 0.596. The summed E-state index contributed by atoms with van der Waals surface area (Å²) in [5, 5.41) is 19.4. The molecule has 3 heterocycles. The normalized spacial score (nSPS) is 22.3. The van der Waals surface area contributed by atoms with Gasteiger partial charge in [0.2, 0.25) is 5.88 Å². The van der Waals surface area contributed by atoms with Gasteiger partial charge in [-0.05, 0) is 61.9 Å². The predicted molar refractivity (Wildman–Crippen MR) is 118 cm³/mol. The molecule has 1 spiro atoms. The third-order valence-corrected chi connectivity index (χ3v) is 6.05. The highest BCUT2D eigenvalue weighted by Gasteiger charge is 2.48. The Balaban J connectivity index is 1.11. The summed E-state index contributed by atoms with van der Waals surface area (Å²) in [7, 11) is 0. The molecule has 9 nitrogen and oxygen atoms in total. The molecule has 10 heteroatoms. The van der Waals surface area contributed by atoms with Crippen LogP contribution in [0.15, 0.2) is 54.7 Å². The van der Waals surface area contributed by atoms with Crippen LogP contribution in [0.5, 0.6) is 11.6 Å². The molecule has 1 aliphatic heterocycles. The van der Waals surface area contributed by atoms with Gasteiger partial charge in [0.05, 0.1) is 6.54 Å². The van der Waals surface area contributed by atoms with Crippen LogP contribution in [0, 0.1) is 11.7 Å². The maximum atomic E-state index is 13.3. The predicted octanol–water partition coefficient (Wildman–Crippen LogP) is 4.20. The SMILES string of the molecule is O=C1OC2(CCC(CNc3ccc(Oc4cccc(F)c4)nn3)CC2)CN1c1cccnn1. The molecule has 33 heavy (non-hydrogen) atoms. The molecule has 170 valence electrons. The van der Waals surface area contributed by atoms with Crippen LogP contribution in [-0.2, 0) is 4.74 Å². The van der Waals surface area contributed by atoms with Gasteiger partial charge in [0, 0.05) is 24.9 Å². The average molecular weight is 450 g/mol. The minimum Gasteiger partial charge on any atom is -0.441 e. The first kappa shape index (κ1) is 21.0. The summed E-state index contributed by atoms with van der Waals surface area (Å²) < 4.78 is 24.6. The number of rotatable bonds is 6. The Labute approximate surface area is 189 Å². The van der Waals surface area contributed by atoms with Crippen molar-refractivity contribution in [2.24, 2.45) is 5.92 Å². The van der Waals surface area contributed by atoms with E-state index in [4.69, 9.17) is 9.47 Å². The monoisotopic (exact) mass is 450 g/mol. The lowest BCUT2D eigenvalue weighted by molar-refractivity contribution is 0.0148. The number of aromatic nitrogens is 4. The molecule has 0 radical (unpaired) electrons. The fourth-order valence-electron chi connectivity index (χ4n) is 4.27. The van der Waals surface area contributed by atoms with Crippen molar-refractivity contribution in [1.82, 2.24) is 20.4 Å². The van der Waals surface area contributed by atoms with Crippen LogP contribution in [-0.4, -0.2) is 45.2 Å². The second kappa shape index (κ2) is 8.97. The summed E-state index contributed by atoms with van der Waals surface area (Å²) in [5.41, 5.74) is -0.458. The van der Waals surface area contributed by atoms with Crippen LogP contribution >= 0.6 is 0 Å². The summed E-state index contributed by atoms with van der Waals surface area (Å²) in [4.78, 5) is 13.9. The molecule has 0 bridgehead atoms. The molecule has 0 unspecified atom stereocenters. The van der Waals surface area contributed by atoms with Crippen molar-refractivity contribution < 1.29 is 18.7 Å². The molecule has 1 aromatic carbocycles. The lowest BCUT2D eigenvalue weighted by Crippen LogP contribution is -2.39. The molecule has 2 aromatic heterocycles. The Morgan fingerprint density at radius 3 is 2.73 bits per heavy atom. The Kier molecular flexibility index (Phi) is 5.72. The zero-order valence-electron chi connectivity index (χ0n) is 17.9. The first-order valence-corrected chi connectivity index (χ1v) is 10.9. The fraction of sp³-hybridized carbons (Fsp3) is 0.348. The minimum absolute atomic E-state index is 0.293. The van der Waals surface area contributed by atoms with E-state index in [1.54, 1.807) is 47.5 Å². The summed E-state index contributed by atoms with van der Waals surface area (Å²) in [5.74, 6) is 1.88. The molecule has 1 aliphatic carbocycles.